The molecule has 0 aliphatic carbocycles. The van der Waals surface area contributed by atoms with Crippen LogP contribution in [0.3, 0.4) is 0 Å². The van der Waals surface area contributed by atoms with Crippen molar-refractivity contribution < 1.29 is 9.47 Å². The van der Waals surface area contributed by atoms with Crippen molar-refractivity contribution in [1.82, 2.24) is 20.4 Å². The van der Waals surface area contributed by atoms with Crippen LogP contribution < -0.4 is 20.5 Å². The van der Waals surface area contributed by atoms with E-state index in [1.807, 2.05) is 109 Å². The molecular formula is C32H24N8O2. The molecule has 0 aliphatic heterocycles. The Morgan fingerprint density at radius 3 is 1.69 bits per heavy atom. The maximum absolute atomic E-state index is 9.96. The van der Waals surface area contributed by atoms with E-state index in [1.165, 1.54) is 0 Å². The highest BCUT2D eigenvalue weighted by molar-refractivity contribution is 6.13. The average molecular weight is 553 g/mol. The predicted molar refractivity (Wildman–Crippen MR) is 161 cm³/mol. The van der Waals surface area contributed by atoms with Gasteiger partial charge in [-0.3, -0.25) is 15.6 Å². The SMILES string of the molecule is N#Cc1c(NC(=N)c2c(N)n[nH]c2-c2ccc(Oc3ccccc3)cc2)n[nH]c1-c1ccc(Oc2ccccc2)cc1. The number of aromatic nitrogens is 4. The Bertz CT molecular complexity index is 1870. The molecule has 6 N–H and O–H groups in total. The third kappa shape index (κ3) is 5.38. The van der Waals surface area contributed by atoms with Crippen molar-refractivity contribution in [1.29, 1.82) is 10.7 Å². The van der Waals surface area contributed by atoms with Crippen molar-refractivity contribution in [3.8, 4) is 51.6 Å². The first kappa shape index (κ1) is 25.9. The molecule has 0 atom stereocenters. The molecule has 204 valence electrons. The molecule has 6 aromatic rings. The fraction of sp³-hybridized carbons (Fsp3) is 0. The van der Waals surface area contributed by atoms with Crippen molar-refractivity contribution in [2.75, 3.05) is 11.1 Å². The molecule has 0 spiro atoms. The molecule has 10 nitrogen and oxygen atoms in total. The molecule has 0 saturated heterocycles. The third-order valence-electron chi connectivity index (χ3n) is 6.41. The van der Waals surface area contributed by atoms with Gasteiger partial charge in [-0.05, 0) is 72.8 Å². The molecule has 10 heteroatoms. The second kappa shape index (κ2) is 11.4. The number of nitrogens with one attached hydrogen (secondary N) is 4. The van der Waals surface area contributed by atoms with Crippen LogP contribution in [0, 0.1) is 16.7 Å². The molecule has 6 rings (SSSR count). The summed E-state index contributed by atoms with van der Waals surface area (Å²) in [5, 5.41) is 35.9. The van der Waals surface area contributed by atoms with Crippen LogP contribution >= 0.6 is 0 Å². The minimum Gasteiger partial charge on any atom is -0.457 e. The first-order valence-electron chi connectivity index (χ1n) is 12.9. The van der Waals surface area contributed by atoms with E-state index in [9.17, 15) is 5.26 Å². The van der Waals surface area contributed by atoms with E-state index in [0.29, 0.717) is 28.5 Å². The van der Waals surface area contributed by atoms with Crippen molar-refractivity contribution in [2.24, 2.45) is 0 Å². The first-order valence-corrected chi connectivity index (χ1v) is 12.9. The van der Waals surface area contributed by atoms with Crippen LogP contribution in [0.2, 0.25) is 0 Å². The van der Waals surface area contributed by atoms with Crippen LogP contribution in [0.1, 0.15) is 11.1 Å². The van der Waals surface area contributed by atoms with E-state index >= 15 is 0 Å². The minimum atomic E-state index is -0.0676. The Morgan fingerprint density at radius 2 is 1.17 bits per heavy atom. The summed E-state index contributed by atoms with van der Waals surface area (Å²) in [6.45, 7) is 0. The Labute approximate surface area is 240 Å². The normalized spacial score (nSPS) is 10.5. The number of benzene rings is 4. The summed E-state index contributed by atoms with van der Waals surface area (Å²) in [5.41, 5.74) is 9.29. The number of ether oxygens (including phenoxy) is 2. The topological polar surface area (TPSA) is 162 Å². The summed E-state index contributed by atoms with van der Waals surface area (Å²) in [5.74, 6) is 3.03. The second-order valence-corrected chi connectivity index (χ2v) is 9.17. The number of hydrogen-bond donors (Lipinski definition) is 5. The van der Waals surface area contributed by atoms with Gasteiger partial charge in [-0.1, -0.05) is 36.4 Å². The molecule has 2 aromatic heterocycles. The van der Waals surface area contributed by atoms with E-state index in [1.54, 1.807) is 0 Å². The smallest absolute Gasteiger partial charge is 0.172 e. The van der Waals surface area contributed by atoms with Crippen molar-refractivity contribution in [3.63, 3.8) is 0 Å². The summed E-state index contributed by atoms with van der Waals surface area (Å²) in [4.78, 5) is 0. The highest BCUT2D eigenvalue weighted by atomic mass is 16.5. The lowest BCUT2D eigenvalue weighted by Crippen LogP contribution is -2.15. The van der Waals surface area contributed by atoms with Crippen molar-refractivity contribution in [3.05, 3.63) is 120 Å². The summed E-state index contributed by atoms with van der Waals surface area (Å²) in [6, 6.07) is 35.8. The van der Waals surface area contributed by atoms with Crippen LogP contribution in [-0.2, 0) is 0 Å². The molecule has 0 fully saturated rings. The second-order valence-electron chi connectivity index (χ2n) is 9.17. The lowest BCUT2D eigenvalue weighted by atomic mass is 10.1. The Kier molecular flexibility index (Phi) is 7.04. The molecular weight excluding hydrogens is 528 g/mol. The quantitative estimate of drug-likeness (QED) is 0.101. The molecule has 0 unspecified atom stereocenters. The van der Waals surface area contributed by atoms with Gasteiger partial charge >= 0.3 is 0 Å². The van der Waals surface area contributed by atoms with E-state index in [4.69, 9.17) is 20.6 Å². The van der Waals surface area contributed by atoms with Gasteiger partial charge in [0.05, 0.1) is 17.0 Å². The average Bonchev–Trinajstić information content (AvgIpc) is 3.62. The fourth-order valence-corrected chi connectivity index (χ4v) is 4.38. The van der Waals surface area contributed by atoms with Crippen LogP contribution in [0.4, 0.5) is 11.6 Å². The van der Waals surface area contributed by atoms with E-state index in [2.05, 4.69) is 31.8 Å². The predicted octanol–water partition coefficient (Wildman–Crippen LogP) is 6.94. The summed E-state index contributed by atoms with van der Waals surface area (Å²) < 4.78 is 11.7. The maximum atomic E-state index is 9.96. The molecule has 0 saturated carbocycles. The molecule has 0 aliphatic rings. The number of rotatable bonds is 8. The summed E-state index contributed by atoms with van der Waals surface area (Å²) in [6.07, 6.45) is 0. The molecule has 2 heterocycles. The standard InChI is InChI=1S/C32H24N8O2/c33-19-26-28(20-11-15-24(16-12-20)41-22-7-3-1-4-8-22)37-40-32(26)36-30(34)27-29(38-39-31(27)35)21-13-17-25(18-14-21)42-23-9-5-2-6-10-23/h1-18H,(H3,35,38,39)(H3,34,36,37,40). The monoisotopic (exact) mass is 552 g/mol. The number of hydrogen-bond acceptors (Lipinski definition) is 7. The van der Waals surface area contributed by atoms with Gasteiger partial charge in [0.2, 0.25) is 0 Å². The number of nitrogens with zero attached hydrogens (tertiary/aromatic N) is 3. The maximum Gasteiger partial charge on any atom is 0.172 e. The number of nitrogen functional groups attached to an aromatic ring is 1. The van der Waals surface area contributed by atoms with Gasteiger partial charge in [0.15, 0.2) is 11.6 Å². The highest BCUT2D eigenvalue weighted by Gasteiger charge is 2.21. The van der Waals surface area contributed by atoms with E-state index in [0.717, 1.165) is 22.6 Å². The molecule has 4 aromatic carbocycles. The van der Waals surface area contributed by atoms with Crippen LogP contribution in [-0.4, -0.2) is 26.2 Å². The van der Waals surface area contributed by atoms with Gasteiger partial charge in [-0.15, -0.1) is 0 Å². The number of aromatic amines is 2. The minimum absolute atomic E-state index is 0.0676. The lowest BCUT2D eigenvalue weighted by molar-refractivity contribution is 0.482. The zero-order valence-electron chi connectivity index (χ0n) is 22.1. The summed E-state index contributed by atoms with van der Waals surface area (Å²) in [7, 11) is 0. The Morgan fingerprint density at radius 1 is 0.690 bits per heavy atom. The zero-order chi connectivity index (χ0) is 28.9. The Balaban J connectivity index is 1.20. The van der Waals surface area contributed by atoms with E-state index in [-0.39, 0.29) is 23.0 Å². The van der Waals surface area contributed by atoms with Crippen LogP contribution in [0.15, 0.2) is 109 Å². The van der Waals surface area contributed by atoms with Crippen LogP contribution in [0.5, 0.6) is 23.0 Å². The van der Waals surface area contributed by atoms with Gasteiger partial charge in [-0.2, -0.15) is 15.5 Å². The van der Waals surface area contributed by atoms with Gasteiger partial charge in [-0.25, -0.2) is 0 Å². The number of anilines is 2. The fourth-order valence-electron chi connectivity index (χ4n) is 4.38. The number of nitrogens with two attached hydrogens (primary N) is 1. The number of para-hydroxylation sites is 2. The number of H-pyrrole nitrogens is 2. The third-order valence-corrected chi connectivity index (χ3v) is 6.41. The zero-order valence-corrected chi connectivity index (χ0v) is 22.1. The summed E-state index contributed by atoms with van der Waals surface area (Å²) >= 11 is 0. The van der Waals surface area contributed by atoms with Gasteiger partial charge < -0.3 is 20.5 Å². The van der Waals surface area contributed by atoms with Crippen LogP contribution in [0.25, 0.3) is 22.5 Å². The first-order chi connectivity index (χ1) is 20.6. The lowest BCUT2D eigenvalue weighted by Gasteiger charge is -2.09. The van der Waals surface area contributed by atoms with Gasteiger partial charge in [0.25, 0.3) is 0 Å². The van der Waals surface area contributed by atoms with Crippen molar-refractivity contribution in [2.45, 2.75) is 0 Å². The molecule has 0 bridgehead atoms. The van der Waals surface area contributed by atoms with Crippen molar-refractivity contribution >= 4 is 17.5 Å². The number of nitriles is 1. The highest BCUT2D eigenvalue weighted by Crippen LogP contribution is 2.32. The largest absolute Gasteiger partial charge is 0.457 e. The molecule has 0 radical (unpaired) electrons. The Hall–Kier alpha value is -6.34. The molecule has 0 amide bonds. The van der Waals surface area contributed by atoms with Gasteiger partial charge in [0.1, 0.15) is 40.5 Å². The van der Waals surface area contributed by atoms with Gasteiger partial charge in [0, 0.05) is 11.1 Å². The van der Waals surface area contributed by atoms with E-state index < -0.39 is 0 Å². The number of amidine groups is 1. The molecule has 42 heavy (non-hydrogen) atoms.